The summed E-state index contributed by atoms with van der Waals surface area (Å²) in [5.74, 6) is -0.833. The van der Waals surface area contributed by atoms with E-state index in [0.29, 0.717) is 17.1 Å². The van der Waals surface area contributed by atoms with E-state index in [9.17, 15) is 14.4 Å². The van der Waals surface area contributed by atoms with Crippen LogP contribution in [0, 0.1) is 6.92 Å². The van der Waals surface area contributed by atoms with Gasteiger partial charge in [-0.15, -0.1) is 0 Å². The zero-order valence-corrected chi connectivity index (χ0v) is 19.4. The van der Waals surface area contributed by atoms with Crippen LogP contribution in [-0.2, 0) is 20.9 Å². The first-order valence-corrected chi connectivity index (χ1v) is 10.8. The lowest BCUT2D eigenvalue weighted by molar-refractivity contribution is -0.139. The van der Waals surface area contributed by atoms with Gasteiger partial charge in [-0.1, -0.05) is 42.5 Å². The highest BCUT2D eigenvalue weighted by atomic mass is 16.5. The van der Waals surface area contributed by atoms with Gasteiger partial charge in [0.25, 0.3) is 5.91 Å². The van der Waals surface area contributed by atoms with E-state index < -0.39 is 11.8 Å². The molecule has 3 rings (SSSR count). The topological polar surface area (TPSA) is 118 Å². The summed E-state index contributed by atoms with van der Waals surface area (Å²) in [6.07, 6.45) is 1.37. The quantitative estimate of drug-likeness (QED) is 0.250. The van der Waals surface area contributed by atoms with Crippen LogP contribution in [0.4, 0.5) is 5.69 Å². The Morgan fingerprint density at radius 3 is 2.43 bits per heavy atom. The van der Waals surface area contributed by atoms with E-state index in [1.807, 2.05) is 31.2 Å². The lowest BCUT2D eigenvalue weighted by atomic mass is 10.2. The number of aryl methyl sites for hydroxylation is 1. The number of benzene rings is 3. The maximum atomic E-state index is 12.2. The van der Waals surface area contributed by atoms with Crippen LogP contribution in [0.5, 0.6) is 11.5 Å². The van der Waals surface area contributed by atoms with Crippen LogP contribution in [0.1, 0.15) is 16.7 Å². The van der Waals surface area contributed by atoms with Crippen molar-refractivity contribution >= 4 is 29.6 Å². The van der Waals surface area contributed by atoms with Gasteiger partial charge in [0.15, 0.2) is 6.61 Å². The van der Waals surface area contributed by atoms with Crippen molar-refractivity contribution in [2.24, 2.45) is 5.10 Å². The van der Waals surface area contributed by atoms with Gasteiger partial charge in [0.05, 0.1) is 13.3 Å². The van der Waals surface area contributed by atoms with Crippen LogP contribution in [-0.4, -0.2) is 37.7 Å². The van der Waals surface area contributed by atoms with Crippen LogP contribution in [0.2, 0.25) is 0 Å². The molecule has 0 atom stereocenters. The maximum absolute atomic E-state index is 12.2. The van der Waals surface area contributed by atoms with Crippen LogP contribution in [0.3, 0.4) is 0 Å². The monoisotopic (exact) mass is 474 g/mol. The number of hydrazone groups is 1. The Hall–Kier alpha value is -4.66. The van der Waals surface area contributed by atoms with Crippen molar-refractivity contribution in [1.82, 2.24) is 10.7 Å². The van der Waals surface area contributed by atoms with Gasteiger partial charge in [0, 0.05) is 12.2 Å². The van der Waals surface area contributed by atoms with E-state index in [1.54, 1.807) is 55.6 Å². The van der Waals surface area contributed by atoms with Crippen molar-refractivity contribution in [3.8, 4) is 11.5 Å². The highest BCUT2D eigenvalue weighted by molar-refractivity contribution is 6.35. The van der Waals surface area contributed by atoms with Crippen molar-refractivity contribution in [2.75, 3.05) is 19.0 Å². The molecule has 0 heterocycles. The first-order chi connectivity index (χ1) is 16.9. The van der Waals surface area contributed by atoms with Gasteiger partial charge in [-0.25, -0.2) is 5.43 Å². The molecule has 0 aromatic heterocycles. The Labute approximate surface area is 203 Å². The number of anilines is 1. The molecule has 0 unspecified atom stereocenters. The zero-order valence-electron chi connectivity index (χ0n) is 19.4. The number of methoxy groups -OCH3 is 1. The molecular weight excluding hydrogens is 448 g/mol. The number of para-hydroxylation sites is 1. The van der Waals surface area contributed by atoms with Gasteiger partial charge >= 0.3 is 11.8 Å². The molecule has 0 aliphatic carbocycles. The predicted octanol–water partition coefficient (Wildman–Crippen LogP) is 2.79. The molecule has 3 aromatic rings. The Balaban J connectivity index is 1.44. The summed E-state index contributed by atoms with van der Waals surface area (Å²) >= 11 is 0. The Bertz CT molecular complexity index is 1210. The molecule has 0 radical (unpaired) electrons. The Morgan fingerprint density at radius 1 is 0.914 bits per heavy atom. The summed E-state index contributed by atoms with van der Waals surface area (Å²) < 4.78 is 10.6. The molecule has 35 heavy (non-hydrogen) atoms. The van der Waals surface area contributed by atoms with Gasteiger partial charge in [-0.2, -0.15) is 5.10 Å². The minimum atomic E-state index is -0.893. The molecule has 9 nitrogen and oxygen atoms in total. The maximum Gasteiger partial charge on any atom is 0.329 e. The van der Waals surface area contributed by atoms with E-state index in [-0.39, 0.29) is 19.1 Å². The van der Waals surface area contributed by atoms with Crippen molar-refractivity contribution < 1.29 is 23.9 Å². The second-order valence-electron chi connectivity index (χ2n) is 7.45. The lowest BCUT2D eigenvalue weighted by Gasteiger charge is -2.09. The SMILES string of the molecule is COc1ccc(CNC(=O)C(=O)N/N=C\c2cccc(OCC(=O)Nc3ccccc3C)c2)cc1. The van der Waals surface area contributed by atoms with Crippen molar-refractivity contribution in [1.29, 1.82) is 0 Å². The van der Waals surface area contributed by atoms with Gasteiger partial charge in [0.2, 0.25) is 0 Å². The highest BCUT2D eigenvalue weighted by Gasteiger charge is 2.12. The fraction of sp³-hybridized carbons (Fsp3) is 0.154. The summed E-state index contributed by atoms with van der Waals surface area (Å²) in [4.78, 5) is 36.1. The molecule has 3 amide bonds. The Morgan fingerprint density at radius 2 is 1.69 bits per heavy atom. The largest absolute Gasteiger partial charge is 0.497 e. The molecule has 0 aliphatic rings. The lowest BCUT2D eigenvalue weighted by Crippen LogP contribution is -2.37. The van der Waals surface area contributed by atoms with E-state index in [1.165, 1.54) is 6.21 Å². The van der Waals surface area contributed by atoms with Gasteiger partial charge in [-0.05, 0) is 53.9 Å². The number of hydrogen-bond acceptors (Lipinski definition) is 6. The third-order valence-electron chi connectivity index (χ3n) is 4.85. The van der Waals surface area contributed by atoms with Crippen molar-refractivity contribution in [3.05, 3.63) is 89.5 Å². The van der Waals surface area contributed by atoms with Crippen LogP contribution in [0.15, 0.2) is 77.9 Å². The second kappa shape index (κ2) is 12.5. The number of carbonyl (C=O) groups is 3. The van der Waals surface area contributed by atoms with E-state index in [2.05, 4.69) is 21.2 Å². The minimum Gasteiger partial charge on any atom is -0.497 e. The first-order valence-electron chi connectivity index (χ1n) is 10.8. The summed E-state index contributed by atoms with van der Waals surface area (Å²) in [7, 11) is 1.57. The van der Waals surface area contributed by atoms with Gasteiger partial charge in [-0.3, -0.25) is 14.4 Å². The van der Waals surface area contributed by atoms with Gasteiger partial charge < -0.3 is 20.1 Å². The van der Waals surface area contributed by atoms with E-state index in [4.69, 9.17) is 9.47 Å². The first kappa shape index (κ1) is 25.0. The third-order valence-corrected chi connectivity index (χ3v) is 4.85. The Kier molecular flexibility index (Phi) is 8.95. The molecule has 180 valence electrons. The third kappa shape index (κ3) is 8.01. The number of carbonyl (C=O) groups excluding carboxylic acids is 3. The van der Waals surface area contributed by atoms with E-state index >= 15 is 0 Å². The highest BCUT2D eigenvalue weighted by Crippen LogP contribution is 2.15. The summed E-state index contributed by atoms with van der Waals surface area (Å²) in [5, 5.41) is 9.12. The van der Waals surface area contributed by atoms with Crippen LogP contribution < -0.4 is 25.5 Å². The number of ether oxygens (including phenoxy) is 2. The molecule has 3 N–H and O–H groups in total. The average Bonchev–Trinajstić information content (AvgIpc) is 2.88. The molecule has 3 aromatic carbocycles. The van der Waals surface area contributed by atoms with Crippen molar-refractivity contribution in [2.45, 2.75) is 13.5 Å². The molecule has 0 aliphatic heterocycles. The number of nitrogens with zero attached hydrogens (tertiary/aromatic N) is 1. The van der Waals surface area contributed by atoms with Crippen LogP contribution >= 0.6 is 0 Å². The molecule has 0 spiro atoms. The second-order valence-corrected chi connectivity index (χ2v) is 7.45. The average molecular weight is 475 g/mol. The number of nitrogens with one attached hydrogen (secondary N) is 3. The van der Waals surface area contributed by atoms with Crippen LogP contribution in [0.25, 0.3) is 0 Å². The normalized spacial score (nSPS) is 10.5. The molecule has 0 fully saturated rings. The summed E-state index contributed by atoms with van der Waals surface area (Å²) in [6.45, 7) is 1.93. The number of hydrogen-bond donors (Lipinski definition) is 3. The summed E-state index contributed by atoms with van der Waals surface area (Å²) in [6, 6.07) is 21.4. The molecular formula is C26H26N4O5. The number of rotatable bonds is 9. The van der Waals surface area contributed by atoms with E-state index in [0.717, 1.165) is 16.8 Å². The smallest absolute Gasteiger partial charge is 0.329 e. The zero-order chi connectivity index (χ0) is 25.0. The number of amides is 3. The van der Waals surface area contributed by atoms with Crippen molar-refractivity contribution in [3.63, 3.8) is 0 Å². The summed E-state index contributed by atoms with van der Waals surface area (Å²) in [5.41, 5.74) is 5.29. The molecule has 0 saturated heterocycles. The fourth-order valence-corrected chi connectivity index (χ4v) is 2.96. The molecule has 0 saturated carbocycles. The fourth-order valence-electron chi connectivity index (χ4n) is 2.96. The van der Waals surface area contributed by atoms with Gasteiger partial charge in [0.1, 0.15) is 11.5 Å². The molecule has 0 bridgehead atoms. The predicted molar refractivity (Wildman–Crippen MR) is 132 cm³/mol. The molecule has 9 heteroatoms. The standard InChI is InChI=1S/C26H26N4O5/c1-18-6-3-4-9-23(18)29-24(31)17-35-22-8-5-7-20(14-22)16-28-30-26(33)25(32)27-15-19-10-12-21(34-2)13-11-19/h3-14,16H,15,17H2,1-2H3,(H,27,32)(H,29,31)(H,30,33)/b28-16-. The minimum absolute atomic E-state index is 0.167.